The van der Waals surface area contributed by atoms with Gasteiger partial charge in [0.2, 0.25) is 0 Å². The number of phenolic OH excluding ortho intramolecular Hbond substituents is 1. The largest absolute Gasteiger partial charge is 0.508 e. The van der Waals surface area contributed by atoms with E-state index < -0.39 is 0 Å². The number of benzene rings is 1. The Balaban J connectivity index is 1.99. The van der Waals surface area contributed by atoms with Crippen molar-refractivity contribution in [3.63, 3.8) is 0 Å². The van der Waals surface area contributed by atoms with Crippen LogP contribution in [0.5, 0.6) is 5.75 Å². The molecular formula is C14H22N2O. The second-order valence-electron chi connectivity index (χ2n) is 5.72. The molecule has 0 amide bonds. The van der Waals surface area contributed by atoms with E-state index in [0.29, 0.717) is 11.2 Å². The number of hydrogen-bond donors (Lipinski definition) is 2. The van der Waals surface area contributed by atoms with Crippen molar-refractivity contribution >= 4 is 0 Å². The van der Waals surface area contributed by atoms with E-state index in [-0.39, 0.29) is 0 Å². The van der Waals surface area contributed by atoms with Gasteiger partial charge in [-0.15, -0.1) is 0 Å². The third kappa shape index (κ3) is 3.72. The molecule has 0 spiro atoms. The van der Waals surface area contributed by atoms with Crippen LogP contribution in [0.3, 0.4) is 0 Å². The SMILES string of the molecule is CC1(C)CNCCN(Cc2ccc(O)cc2)C1. The molecule has 1 heterocycles. The van der Waals surface area contributed by atoms with Crippen molar-refractivity contribution in [1.82, 2.24) is 10.2 Å². The number of hydrogen-bond acceptors (Lipinski definition) is 3. The normalized spacial score (nSPS) is 21.1. The monoisotopic (exact) mass is 234 g/mol. The van der Waals surface area contributed by atoms with E-state index in [1.807, 2.05) is 12.1 Å². The smallest absolute Gasteiger partial charge is 0.115 e. The Kier molecular flexibility index (Phi) is 3.69. The first-order valence-electron chi connectivity index (χ1n) is 6.26. The molecule has 0 radical (unpaired) electrons. The Labute approximate surface area is 103 Å². The minimum atomic E-state index is 0.327. The summed E-state index contributed by atoms with van der Waals surface area (Å²) < 4.78 is 0. The molecule has 94 valence electrons. The predicted molar refractivity (Wildman–Crippen MR) is 70.0 cm³/mol. The van der Waals surface area contributed by atoms with Crippen LogP contribution in [0.1, 0.15) is 19.4 Å². The van der Waals surface area contributed by atoms with Gasteiger partial charge in [-0.25, -0.2) is 0 Å². The van der Waals surface area contributed by atoms with Crippen molar-refractivity contribution < 1.29 is 5.11 Å². The number of rotatable bonds is 2. The topological polar surface area (TPSA) is 35.5 Å². The highest BCUT2D eigenvalue weighted by Gasteiger charge is 2.24. The molecule has 0 bridgehead atoms. The van der Waals surface area contributed by atoms with Crippen molar-refractivity contribution in [3.8, 4) is 5.75 Å². The summed E-state index contributed by atoms with van der Waals surface area (Å²) in [5.41, 5.74) is 1.59. The molecule has 0 aliphatic carbocycles. The minimum Gasteiger partial charge on any atom is -0.508 e. The summed E-state index contributed by atoms with van der Waals surface area (Å²) in [6.45, 7) is 9.90. The summed E-state index contributed by atoms with van der Waals surface area (Å²) in [4.78, 5) is 2.48. The van der Waals surface area contributed by atoms with Crippen LogP contribution in [-0.2, 0) is 6.54 Å². The van der Waals surface area contributed by atoms with Crippen LogP contribution >= 0.6 is 0 Å². The highest BCUT2D eigenvalue weighted by atomic mass is 16.3. The number of nitrogens with one attached hydrogen (secondary N) is 1. The molecule has 0 aromatic heterocycles. The highest BCUT2D eigenvalue weighted by Crippen LogP contribution is 2.20. The van der Waals surface area contributed by atoms with Crippen LogP contribution in [0.2, 0.25) is 0 Å². The Morgan fingerprint density at radius 3 is 2.71 bits per heavy atom. The van der Waals surface area contributed by atoms with Gasteiger partial charge < -0.3 is 10.4 Å². The minimum absolute atomic E-state index is 0.327. The van der Waals surface area contributed by atoms with Crippen molar-refractivity contribution in [1.29, 1.82) is 0 Å². The Morgan fingerprint density at radius 2 is 2.00 bits per heavy atom. The average molecular weight is 234 g/mol. The van der Waals surface area contributed by atoms with Gasteiger partial charge in [-0.1, -0.05) is 26.0 Å². The zero-order chi connectivity index (χ0) is 12.3. The molecular weight excluding hydrogens is 212 g/mol. The van der Waals surface area contributed by atoms with Crippen molar-refractivity contribution in [2.75, 3.05) is 26.2 Å². The molecule has 0 unspecified atom stereocenters. The lowest BCUT2D eigenvalue weighted by Gasteiger charge is -2.29. The Hall–Kier alpha value is -1.06. The zero-order valence-electron chi connectivity index (χ0n) is 10.7. The molecule has 3 heteroatoms. The first-order chi connectivity index (χ1) is 8.05. The molecule has 3 nitrogen and oxygen atoms in total. The van der Waals surface area contributed by atoms with Gasteiger partial charge in [0, 0.05) is 32.7 Å². The van der Waals surface area contributed by atoms with E-state index in [0.717, 1.165) is 32.7 Å². The molecule has 1 aliphatic rings. The fraction of sp³-hybridized carbons (Fsp3) is 0.571. The molecule has 2 rings (SSSR count). The maximum atomic E-state index is 9.27. The molecule has 2 N–H and O–H groups in total. The lowest BCUT2D eigenvalue weighted by Crippen LogP contribution is -2.34. The van der Waals surface area contributed by atoms with Gasteiger partial charge in [-0.3, -0.25) is 4.90 Å². The third-order valence-corrected chi connectivity index (χ3v) is 3.20. The summed E-state index contributed by atoms with van der Waals surface area (Å²) >= 11 is 0. The average Bonchev–Trinajstić information content (AvgIpc) is 2.43. The van der Waals surface area contributed by atoms with Crippen LogP contribution < -0.4 is 5.32 Å². The van der Waals surface area contributed by atoms with E-state index >= 15 is 0 Å². The van der Waals surface area contributed by atoms with Crippen molar-refractivity contribution in [3.05, 3.63) is 29.8 Å². The summed E-state index contributed by atoms with van der Waals surface area (Å²) in [7, 11) is 0. The molecule has 1 aromatic rings. The van der Waals surface area contributed by atoms with Gasteiger partial charge in [-0.05, 0) is 23.1 Å². The van der Waals surface area contributed by atoms with E-state index in [1.54, 1.807) is 12.1 Å². The quantitative estimate of drug-likeness (QED) is 0.819. The van der Waals surface area contributed by atoms with E-state index in [9.17, 15) is 5.11 Å². The van der Waals surface area contributed by atoms with Crippen molar-refractivity contribution in [2.24, 2.45) is 5.41 Å². The van der Waals surface area contributed by atoms with Crippen LogP contribution in [0, 0.1) is 5.41 Å². The summed E-state index contributed by atoms with van der Waals surface area (Å²) in [6, 6.07) is 7.52. The first kappa shape index (κ1) is 12.4. The zero-order valence-corrected chi connectivity index (χ0v) is 10.7. The Bertz CT molecular complexity index is 359. The summed E-state index contributed by atoms with van der Waals surface area (Å²) in [5, 5.41) is 12.7. The molecule has 1 aromatic carbocycles. The van der Waals surface area contributed by atoms with Gasteiger partial charge in [0.25, 0.3) is 0 Å². The second-order valence-corrected chi connectivity index (χ2v) is 5.72. The van der Waals surface area contributed by atoms with Crippen LogP contribution in [0.4, 0.5) is 0 Å². The predicted octanol–water partition coefficient (Wildman–Crippen LogP) is 1.82. The molecule has 0 atom stereocenters. The fourth-order valence-electron chi connectivity index (χ4n) is 2.40. The van der Waals surface area contributed by atoms with E-state index in [4.69, 9.17) is 0 Å². The second kappa shape index (κ2) is 5.07. The van der Waals surface area contributed by atoms with E-state index in [2.05, 4.69) is 24.1 Å². The molecule has 1 fully saturated rings. The number of phenols is 1. The highest BCUT2D eigenvalue weighted by molar-refractivity contribution is 5.25. The number of aromatic hydroxyl groups is 1. The number of nitrogens with zero attached hydrogens (tertiary/aromatic N) is 1. The molecule has 0 saturated carbocycles. The maximum absolute atomic E-state index is 9.27. The lowest BCUT2D eigenvalue weighted by atomic mass is 9.93. The Morgan fingerprint density at radius 1 is 1.29 bits per heavy atom. The molecule has 1 aliphatic heterocycles. The van der Waals surface area contributed by atoms with Gasteiger partial charge in [0.15, 0.2) is 0 Å². The van der Waals surface area contributed by atoms with Gasteiger partial charge in [-0.2, -0.15) is 0 Å². The van der Waals surface area contributed by atoms with Crippen LogP contribution in [0.15, 0.2) is 24.3 Å². The van der Waals surface area contributed by atoms with Gasteiger partial charge >= 0.3 is 0 Å². The van der Waals surface area contributed by atoms with Crippen molar-refractivity contribution in [2.45, 2.75) is 20.4 Å². The summed E-state index contributed by atoms with van der Waals surface area (Å²) in [5.74, 6) is 0.339. The maximum Gasteiger partial charge on any atom is 0.115 e. The fourth-order valence-corrected chi connectivity index (χ4v) is 2.40. The van der Waals surface area contributed by atoms with Crippen LogP contribution in [0.25, 0.3) is 0 Å². The lowest BCUT2D eigenvalue weighted by molar-refractivity contribution is 0.200. The molecule has 1 saturated heterocycles. The van der Waals surface area contributed by atoms with Gasteiger partial charge in [0.05, 0.1) is 0 Å². The summed E-state index contributed by atoms with van der Waals surface area (Å²) in [6.07, 6.45) is 0. The van der Waals surface area contributed by atoms with Gasteiger partial charge in [0.1, 0.15) is 5.75 Å². The first-order valence-corrected chi connectivity index (χ1v) is 6.26. The molecule has 17 heavy (non-hydrogen) atoms. The standard InChI is InChI=1S/C14H22N2O/c1-14(2)10-15-7-8-16(11-14)9-12-3-5-13(17)6-4-12/h3-6,15,17H,7-11H2,1-2H3. The van der Waals surface area contributed by atoms with Crippen LogP contribution in [-0.4, -0.2) is 36.2 Å². The third-order valence-electron chi connectivity index (χ3n) is 3.20. The van der Waals surface area contributed by atoms with E-state index in [1.165, 1.54) is 5.56 Å².